The van der Waals surface area contributed by atoms with E-state index in [-0.39, 0.29) is 17.8 Å². The van der Waals surface area contributed by atoms with E-state index in [1.807, 2.05) is 13.0 Å². The second kappa shape index (κ2) is 9.82. The van der Waals surface area contributed by atoms with Gasteiger partial charge in [-0.2, -0.15) is 0 Å². The Kier molecular flexibility index (Phi) is 8.08. The summed E-state index contributed by atoms with van der Waals surface area (Å²) in [5.74, 6) is 0.205. The molecule has 1 unspecified atom stereocenters. The number of aryl methyl sites for hydroxylation is 1. The third kappa shape index (κ3) is 6.67. The highest BCUT2D eigenvalue weighted by atomic mass is 19.1. The SMILES string of the molecule is CCOC(=O)CCCNC(=NC)NC(C)c1ccc(C)c(F)c1. The van der Waals surface area contributed by atoms with Gasteiger partial charge in [0.25, 0.3) is 0 Å². The molecule has 2 N–H and O–H groups in total. The molecule has 128 valence electrons. The number of hydrogen-bond acceptors (Lipinski definition) is 3. The van der Waals surface area contributed by atoms with E-state index in [9.17, 15) is 9.18 Å². The molecule has 0 heterocycles. The zero-order valence-electron chi connectivity index (χ0n) is 14.3. The standard InChI is InChI=1S/C17H26FN3O2/c1-5-23-16(22)7-6-10-20-17(19-4)21-13(3)14-9-8-12(2)15(18)11-14/h8-9,11,13H,5-7,10H2,1-4H3,(H2,19,20,21). The molecule has 0 aliphatic heterocycles. The van der Waals surface area contributed by atoms with Crippen LogP contribution in [0, 0.1) is 12.7 Å². The lowest BCUT2D eigenvalue weighted by Crippen LogP contribution is -2.39. The van der Waals surface area contributed by atoms with Crippen LogP contribution in [-0.4, -0.2) is 32.1 Å². The Bertz CT molecular complexity index is 547. The first-order chi connectivity index (χ1) is 11.0. The third-order valence-electron chi connectivity index (χ3n) is 3.43. The van der Waals surface area contributed by atoms with Crippen LogP contribution in [0.15, 0.2) is 23.2 Å². The van der Waals surface area contributed by atoms with E-state index in [0.29, 0.717) is 37.5 Å². The highest BCUT2D eigenvalue weighted by Crippen LogP contribution is 2.16. The fourth-order valence-electron chi connectivity index (χ4n) is 2.03. The maximum Gasteiger partial charge on any atom is 0.305 e. The first kappa shape index (κ1) is 18.9. The van der Waals surface area contributed by atoms with E-state index >= 15 is 0 Å². The summed E-state index contributed by atoms with van der Waals surface area (Å²) in [6.07, 6.45) is 1.03. The number of rotatable bonds is 7. The van der Waals surface area contributed by atoms with Crippen molar-refractivity contribution in [3.63, 3.8) is 0 Å². The number of carbonyl (C=O) groups excluding carboxylic acids is 1. The topological polar surface area (TPSA) is 62.7 Å². The Labute approximate surface area is 137 Å². The number of halogens is 1. The minimum absolute atomic E-state index is 0.0821. The van der Waals surface area contributed by atoms with Crippen LogP contribution in [0.1, 0.15) is 43.9 Å². The molecule has 0 saturated heterocycles. The average Bonchev–Trinajstić information content (AvgIpc) is 2.53. The predicted molar refractivity (Wildman–Crippen MR) is 89.9 cm³/mol. The van der Waals surface area contributed by atoms with Crippen molar-refractivity contribution in [2.24, 2.45) is 4.99 Å². The summed E-state index contributed by atoms with van der Waals surface area (Å²) in [7, 11) is 1.67. The quantitative estimate of drug-likeness (QED) is 0.350. The Hall–Kier alpha value is -2.11. The summed E-state index contributed by atoms with van der Waals surface area (Å²) in [6, 6.07) is 5.10. The van der Waals surface area contributed by atoms with Gasteiger partial charge in [-0.15, -0.1) is 0 Å². The fourth-order valence-corrected chi connectivity index (χ4v) is 2.03. The molecular formula is C17H26FN3O2. The van der Waals surface area contributed by atoms with E-state index in [1.165, 1.54) is 6.07 Å². The van der Waals surface area contributed by atoms with Crippen LogP contribution in [0.4, 0.5) is 4.39 Å². The van der Waals surface area contributed by atoms with Gasteiger partial charge >= 0.3 is 5.97 Å². The number of aliphatic imine (C=N–C) groups is 1. The van der Waals surface area contributed by atoms with E-state index in [4.69, 9.17) is 4.74 Å². The largest absolute Gasteiger partial charge is 0.466 e. The van der Waals surface area contributed by atoms with Gasteiger partial charge in [0.2, 0.25) is 0 Å². The first-order valence-electron chi connectivity index (χ1n) is 7.86. The molecule has 0 aromatic heterocycles. The van der Waals surface area contributed by atoms with Gasteiger partial charge in [-0.3, -0.25) is 9.79 Å². The molecule has 0 amide bonds. The maximum absolute atomic E-state index is 13.6. The van der Waals surface area contributed by atoms with Gasteiger partial charge in [-0.25, -0.2) is 4.39 Å². The molecule has 6 heteroatoms. The van der Waals surface area contributed by atoms with Crippen molar-refractivity contribution in [2.45, 2.75) is 39.7 Å². The molecule has 5 nitrogen and oxygen atoms in total. The van der Waals surface area contributed by atoms with E-state index in [0.717, 1.165) is 5.56 Å². The van der Waals surface area contributed by atoms with Crippen LogP contribution in [0.25, 0.3) is 0 Å². The number of ether oxygens (including phenoxy) is 1. The zero-order chi connectivity index (χ0) is 17.2. The van der Waals surface area contributed by atoms with Crippen LogP contribution in [0.5, 0.6) is 0 Å². The molecule has 1 aromatic carbocycles. The van der Waals surface area contributed by atoms with Crippen molar-refractivity contribution in [3.05, 3.63) is 35.1 Å². The van der Waals surface area contributed by atoms with Gasteiger partial charge in [0.05, 0.1) is 12.6 Å². The summed E-state index contributed by atoms with van der Waals surface area (Å²) in [4.78, 5) is 15.4. The molecule has 1 aromatic rings. The monoisotopic (exact) mass is 323 g/mol. The Morgan fingerprint density at radius 1 is 1.43 bits per heavy atom. The lowest BCUT2D eigenvalue weighted by atomic mass is 10.1. The number of benzene rings is 1. The van der Waals surface area contributed by atoms with Crippen LogP contribution in [0.2, 0.25) is 0 Å². The summed E-state index contributed by atoms with van der Waals surface area (Å²) in [5.41, 5.74) is 1.48. The van der Waals surface area contributed by atoms with Crippen molar-refractivity contribution in [1.82, 2.24) is 10.6 Å². The molecule has 1 atom stereocenters. The van der Waals surface area contributed by atoms with E-state index in [1.54, 1.807) is 27.0 Å². The number of nitrogens with one attached hydrogen (secondary N) is 2. The molecule has 0 aliphatic carbocycles. The molecule has 23 heavy (non-hydrogen) atoms. The van der Waals surface area contributed by atoms with Gasteiger partial charge in [0, 0.05) is 20.0 Å². The van der Waals surface area contributed by atoms with Crippen LogP contribution in [-0.2, 0) is 9.53 Å². The fraction of sp³-hybridized carbons (Fsp3) is 0.529. The van der Waals surface area contributed by atoms with Crippen molar-refractivity contribution < 1.29 is 13.9 Å². The Morgan fingerprint density at radius 3 is 2.78 bits per heavy atom. The van der Waals surface area contributed by atoms with Gasteiger partial charge < -0.3 is 15.4 Å². The highest BCUT2D eigenvalue weighted by Gasteiger charge is 2.10. The average molecular weight is 323 g/mol. The van der Waals surface area contributed by atoms with E-state index in [2.05, 4.69) is 15.6 Å². The molecule has 0 aliphatic rings. The summed E-state index contributed by atoms with van der Waals surface area (Å²) in [5, 5.41) is 6.33. The summed E-state index contributed by atoms with van der Waals surface area (Å²) >= 11 is 0. The lowest BCUT2D eigenvalue weighted by Gasteiger charge is -2.18. The number of carbonyl (C=O) groups is 1. The molecule has 1 rings (SSSR count). The molecule has 0 radical (unpaired) electrons. The van der Waals surface area contributed by atoms with Gasteiger partial charge in [0.1, 0.15) is 5.82 Å². The first-order valence-corrected chi connectivity index (χ1v) is 7.86. The number of esters is 1. The van der Waals surface area contributed by atoms with Crippen molar-refractivity contribution in [1.29, 1.82) is 0 Å². The number of guanidine groups is 1. The van der Waals surface area contributed by atoms with Gasteiger partial charge in [-0.1, -0.05) is 12.1 Å². The molecule has 0 fully saturated rings. The maximum atomic E-state index is 13.6. The third-order valence-corrected chi connectivity index (χ3v) is 3.43. The van der Waals surface area contributed by atoms with Crippen LogP contribution < -0.4 is 10.6 Å². The van der Waals surface area contributed by atoms with Gasteiger partial charge in [0.15, 0.2) is 5.96 Å². The zero-order valence-corrected chi connectivity index (χ0v) is 14.3. The smallest absolute Gasteiger partial charge is 0.305 e. The Morgan fingerprint density at radius 2 is 2.17 bits per heavy atom. The summed E-state index contributed by atoms with van der Waals surface area (Å²) in [6.45, 7) is 6.47. The minimum atomic E-state index is -0.214. The minimum Gasteiger partial charge on any atom is -0.466 e. The molecule has 0 spiro atoms. The molecular weight excluding hydrogens is 297 g/mol. The van der Waals surface area contributed by atoms with Crippen LogP contribution in [0.3, 0.4) is 0 Å². The van der Waals surface area contributed by atoms with Crippen molar-refractivity contribution in [3.8, 4) is 0 Å². The van der Waals surface area contributed by atoms with E-state index < -0.39 is 0 Å². The van der Waals surface area contributed by atoms with Crippen molar-refractivity contribution >= 4 is 11.9 Å². The van der Waals surface area contributed by atoms with Crippen LogP contribution >= 0.6 is 0 Å². The number of hydrogen-bond donors (Lipinski definition) is 2. The molecule has 0 saturated carbocycles. The lowest BCUT2D eigenvalue weighted by molar-refractivity contribution is -0.143. The van der Waals surface area contributed by atoms with Crippen molar-refractivity contribution in [2.75, 3.05) is 20.2 Å². The second-order valence-electron chi connectivity index (χ2n) is 5.28. The Balaban J connectivity index is 2.43. The second-order valence-corrected chi connectivity index (χ2v) is 5.28. The highest BCUT2D eigenvalue weighted by molar-refractivity contribution is 5.80. The molecule has 0 bridgehead atoms. The predicted octanol–water partition coefficient (Wildman–Crippen LogP) is 2.70. The normalized spacial score (nSPS) is 12.7. The number of nitrogens with zero attached hydrogens (tertiary/aromatic N) is 1. The summed E-state index contributed by atoms with van der Waals surface area (Å²) < 4.78 is 18.5. The van der Waals surface area contributed by atoms with Gasteiger partial charge in [-0.05, 0) is 44.4 Å².